The zero-order valence-corrected chi connectivity index (χ0v) is 22.4. The third kappa shape index (κ3) is 6.10. The summed E-state index contributed by atoms with van der Waals surface area (Å²) in [4.78, 5) is 4.60. The Morgan fingerprint density at radius 1 is 1.00 bits per heavy atom. The van der Waals surface area contributed by atoms with Gasteiger partial charge in [-0.1, -0.05) is 32.9 Å². The van der Waals surface area contributed by atoms with Gasteiger partial charge in [0.2, 0.25) is 0 Å². The highest BCUT2D eigenvalue weighted by Crippen LogP contribution is 2.37. The van der Waals surface area contributed by atoms with Gasteiger partial charge in [-0.15, -0.1) is 0 Å². The van der Waals surface area contributed by atoms with E-state index in [9.17, 15) is 13.0 Å². The van der Waals surface area contributed by atoms with Crippen LogP contribution in [0.3, 0.4) is 0 Å². The Balaban J connectivity index is 2.39. The molecule has 0 aliphatic rings. The largest absolute Gasteiger partial charge is 0.413 e. The number of pyridine rings is 1. The zero-order chi connectivity index (χ0) is 24.5. The average molecular weight is 483 g/mol. The predicted molar refractivity (Wildman–Crippen MR) is 130 cm³/mol. The number of rotatable bonds is 7. The maximum Gasteiger partial charge on any atom is 0.192 e. The second kappa shape index (κ2) is 9.41. The van der Waals surface area contributed by atoms with Crippen molar-refractivity contribution < 1.29 is 17.4 Å². The summed E-state index contributed by atoms with van der Waals surface area (Å²) in [6.45, 7) is 18.7. The predicted octanol–water partition coefficient (Wildman–Crippen LogP) is 6.20. The van der Waals surface area contributed by atoms with Crippen LogP contribution in [-0.4, -0.2) is 22.3 Å². The minimum atomic E-state index is -1.90. The number of hydrogen-bond acceptors (Lipinski definition) is 3. The SMILES string of the molecule is CC(N[S@](=O)C(C)(C)C)(c1ccc(F)c(F)c1)c1ccc(CO[Si](C)(C)C(C)(C)C)cn1. The van der Waals surface area contributed by atoms with Gasteiger partial charge in [-0.2, -0.15) is 0 Å². The zero-order valence-electron chi connectivity index (χ0n) is 20.6. The van der Waals surface area contributed by atoms with Gasteiger partial charge in [0.05, 0.1) is 33.6 Å². The Bertz CT molecular complexity index is 969. The van der Waals surface area contributed by atoms with Crippen LogP contribution in [-0.2, 0) is 27.6 Å². The fourth-order valence-corrected chi connectivity index (χ4v) is 4.55. The molecule has 32 heavy (non-hydrogen) atoms. The Kier molecular flexibility index (Phi) is 7.87. The highest BCUT2D eigenvalue weighted by Gasteiger charge is 2.38. The molecule has 0 saturated heterocycles. The lowest BCUT2D eigenvalue weighted by atomic mass is 9.89. The number of hydrogen-bond donors (Lipinski definition) is 1. The van der Waals surface area contributed by atoms with Crippen molar-refractivity contribution in [2.24, 2.45) is 0 Å². The first-order valence-corrected chi connectivity index (χ1v) is 14.8. The van der Waals surface area contributed by atoms with E-state index in [0.29, 0.717) is 17.9 Å². The highest BCUT2D eigenvalue weighted by atomic mass is 32.2. The molecule has 1 aromatic carbocycles. The van der Waals surface area contributed by atoms with Crippen molar-refractivity contribution in [1.82, 2.24) is 9.71 Å². The highest BCUT2D eigenvalue weighted by molar-refractivity contribution is 7.84. The van der Waals surface area contributed by atoms with Crippen LogP contribution in [0.4, 0.5) is 8.78 Å². The molecule has 0 aliphatic heterocycles. The number of aromatic nitrogens is 1. The van der Waals surface area contributed by atoms with Crippen LogP contribution < -0.4 is 4.72 Å². The minimum Gasteiger partial charge on any atom is -0.413 e. The van der Waals surface area contributed by atoms with Gasteiger partial charge in [-0.05, 0) is 75.2 Å². The van der Waals surface area contributed by atoms with Crippen LogP contribution in [0.5, 0.6) is 0 Å². The monoisotopic (exact) mass is 482 g/mol. The molecule has 178 valence electrons. The molecule has 0 amide bonds. The van der Waals surface area contributed by atoms with Gasteiger partial charge in [-0.3, -0.25) is 4.98 Å². The minimum absolute atomic E-state index is 0.104. The normalized spacial score (nSPS) is 16.0. The summed E-state index contributed by atoms with van der Waals surface area (Å²) < 4.78 is 49.4. The van der Waals surface area contributed by atoms with E-state index in [4.69, 9.17) is 4.43 Å². The second-order valence-corrected chi connectivity index (χ2v) is 17.6. The summed E-state index contributed by atoms with van der Waals surface area (Å²) in [5.74, 6) is -1.89. The Morgan fingerprint density at radius 2 is 1.62 bits per heavy atom. The van der Waals surface area contributed by atoms with Crippen LogP contribution in [0, 0.1) is 11.6 Å². The molecule has 1 aromatic heterocycles. The second-order valence-electron chi connectivity index (χ2n) is 10.8. The van der Waals surface area contributed by atoms with E-state index in [1.165, 1.54) is 6.07 Å². The molecule has 0 bridgehead atoms. The standard InChI is InChI=1S/C24H36F2N2O2SSi/c1-22(2,3)31(29)28-24(7,18-11-12-19(25)20(26)14-18)21-13-10-17(15-27-21)16-30-32(8,9)23(4,5)6/h10-15,28H,16H2,1-9H3/t24?,31-/m1/s1. The first-order valence-electron chi connectivity index (χ1n) is 10.7. The van der Waals surface area contributed by atoms with Gasteiger partial charge in [0, 0.05) is 6.20 Å². The summed E-state index contributed by atoms with van der Waals surface area (Å²) in [7, 11) is -3.38. The van der Waals surface area contributed by atoms with Crippen LogP contribution >= 0.6 is 0 Å². The molecule has 0 radical (unpaired) electrons. The van der Waals surface area contributed by atoms with Gasteiger partial charge in [0.15, 0.2) is 20.0 Å². The molecule has 0 fully saturated rings. The summed E-state index contributed by atoms with van der Waals surface area (Å²) in [5.41, 5.74) is 0.818. The summed E-state index contributed by atoms with van der Waals surface area (Å²) in [5, 5.41) is 0.104. The van der Waals surface area contributed by atoms with Crippen molar-refractivity contribution in [1.29, 1.82) is 0 Å². The topological polar surface area (TPSA) is 51.2 Å². The van der Waals surface area contributed by atoms with E-state index >= 15 is 0 Å². The Hall–Kier alpha value is -1.48. The quantitative estimate of drug-likeness (QED) is 0.478. The lowest BCUT2D eigenvalue weighted by molar-refractivity contribution is 0.276. The van der Waals surface area contributed by atoms with Crippen molar-refractivity contribution in [3.63, 3.8) is 0 Å². The average Bonchev–Trinajstić information content (AvgIpc) is 2.67. The number of benzene rings is 1. The maximum absolute atomic E-state index is 14.1. The maximum atomic E-state index is 14.1. The fraction of sp³-hybridized carbons (Fsp3) is 0.542. The molecule has 8 heteroatoms. The van der Waals surface area contributed by atoms with E-state index < -0.39 is 41.2 Å². The molecule has 0 spiro atoms. The molecule has 2 atom stereocenters. The van der Waals surface area contributed by atoms with Crippen LogP contribution in [0.25, 0.3) is 0 Å². The van der Waals surface area contributed by atoms with Crippen molar-refractivity contribution in [3.8, 4) is 0 Å². The number of nitrogens with one attached hydrogen (secondary N) is 1. The van der Waals surface area contributed by atoms with E-state index in [-0.39, 0.29) is 5.04 Å². The Labute approximate surface area is 194 Å². The first kappa shape index (κ1) is 26.8. The first-order chi connectivity index (χ1) is 14.5. The van der Waals surface area contributed by atoms with Gasteiger partial charge < -0.3 is 4.43 Å². The molecule has 1 heterocycles. The van der Waals surface area contributed by atoms with E-state index in [1.807, 2.05) is 32.9 Å². The van der Waals surface area contributed by atoms with Crippen LogP contribution in [0.2, 0.25) is 18.1 Å². The van der Waals surface area contributed by atoms with Crippen molar-refractivity contribution in [3.05, 3.63) is 65.0 Å². The van der Waals surface area contributed by atoms with Gasteiger partial charge in [0.1, 0.15) is 0 Å². The lowest BCUT2D eigenvalue weighted by Crippen LogP contribution is -2.47. The van der Waals surface area contributed by atoms with Crippen molar-refractivity contribution >= 4 is 19.3 Å². The van der Waals surface area contributed by atoms with E-state index in [1.54, 1.807) is 13.1 Å². The van der Waals surface area contributed by atoms with E-state index in [0.717, 1.165) is 17.7 Å². The molecule has 0 saturated carbocycles. The van der Waals surface area contributed by atoms with Crippen molar-refractivity contribution in [2.75, 3.05) is 0 Å². The van der Waals surface area contributed by atoms with Gasteiger partial charge in [0.25, 0.3) is 0 Å². The van der Waals surface area contributed by atoms with Gasteiger partial charge >= 0.3 is 0 Å². The molecule has 4 nitrogen and oxygen atoms in total. The van der Waals surface area contributed by atoms with Crippen LogP contribution in [0.15, 0.2) is 36.5 Å². The van der Waals surface area contributed by atoms with Crippen LogP contribution in [0.1, 0.15) is 65.3 Å². The summed E-state index contributed by atoms with van der Waals surface area (Å²) >= 11 is 0. The number of halogens is 2. The molecule has 1 unspecified atom stereocenters. The van der Waals surface area contributed by atoms with Crippen molar-refractivity contribution in [2.45, 2.75) is 83.5 Å². The molecule has 0 aliphatic carbocycles. The van der Waals surface area contributed by atoms with Gasteiger partial charge in [-0.25, -0.2) is 17.7 Å². The lowest BCUT2D eigenvalue weighted by Gasteiger charge is -2.36. The smallest absolute Gasteiger partial charge is 0.192 e. The molecule has 2 aromatic rings. The third-order valence-electron chi connectivity index (χ3n) is 6.09. The Morgan fingerprint density at radius 3 is 2.09 bits per heavy atom. The summed E-state index contributed by atoms with van der Waals surface area (Å²) in [6, 6.07) is 7.42. The molecule has 1 N–H and O–H groups in total. The summed E-state index contributed by atoms with van der Waals surface area (Å²) in [6.07, 6.45) is 1.72. The molecular weight excluding hydrogens is 446 g/mol. The molecule has 2 rings (SSSR count). The number of nitrogens with zero attached hydrogens (tertiary/aromatic N) is 1. The third-order valence-corrected chi connectivity index (χ3v) is 12.3. The molecular formula is C24H36F2N2O2SSi. The van der Waals surface area contributed by atoms with E-state index in [2.05, 4.69) is 43.6 Å². The fourth-order valence-electron chi connectivity index (χ4n) is 2.69.